The van der Waals surface area contributed by atoms with Crippen LogP contribution in [0.2, 0.25) is 0 Å². The Morgan fingerprint density at radius 1 is 1.26 bits per heavy atom. The second-order valence-electron chi connectivity index (χ2n) is 4.74. The maximum atomic E-state index is 11.6. The van der Waals surface area contributed by atoms with E-state index in [1.54, 1.807) is 0 Å². The van der Waals surface area contributed by atoms with Gasteiger partial charge in [-0.3, -0.25) is 4.79 Å². The molecule has 0 aliphatic rings. The molecule has 0 heterocycles. The monoisotopic (exact) mass is 262 g/mol. The van der Waals surface area contributed by atoms with Crippen molar-refractivity contribution in [2.45, 2.75) is 40.5 Å². The van der Waals surface area contributed by atoms with Gasteiger partial charge in [0, 0.05) is 5.71 Å². The molecule has 0 aliphatic heterocycles. The van der Waals surface area contributed by atoms with Crippen molar-refractivity contribution in [1.82, 2.24) is 5.43 Å². The highest BCUT2D eigenvalue weighted by atomic mass is 16.5. The number of hydrogen-bond donors (Lipinski definition) is 1. The van der Waals surface area contributed by atoms with E-state index in [1.165, 1.54) is 0 Å². The lowest BCUT2D eigenvalue weighted by Crippen LogP contribution is -2.25. The van der Waals surface area contributed by atoms with Gasteiger partial charge in [-0.05, 0) is 50.5 Å². The van der Waals surface area contributed by atoms with Gasteiger partial charge in [-0.15, -0.1) is 0 Å². The van der Waals surface area contributed by atoms with Gasteiger partial charge < -0.3 is 4.74 Å². The first-order chi connectivity index (χ1) is 9.01. The standard InChI is InChI=1S/C15H22N2O2/c1-5-6-13(4)16-17-15(18)10-19-14-8-11(2)7-12(3)9-14/h7-9H,5-6,10H2,1-4H3,(H,17,18)/b16-13+. The van der Waals surface area contributed by atoms with Crippen molar-refractivity contribution in [3.8, 4) is 5.75 Å². The van der Waals surface area contributed by atoms with Crippen LogP contribution in [0.1, 0.15) is 37.8 Å². The van der Waals surface area contributed by atoms with Crippen molar-refractivity contribution in [2.75, 3.05) is 6.61 Å². The molecule has 1 N–H and O–H groups in total. The Balaban J connectivity index is 2.44. The maximum Gasteiger partial charge on any atom is 0.277 e. The molecule has 4 heteroatoms. The molecule has 0 atom stereocenters. The lowest BCUT2D eigenvalue weighted by molar-refractivity contribution is -0.123. The Hall–Kier alpha value is -1.84. The van der Waals surface area contributed by atoms with Gasteiger partial charge >= 0.3 is 0 Å². The van der Waals surface area contributed by atoms with Gasteiger partial charge in [-0.1, -0.05) is 19.4 Å². The Kier molecular flexibility index (Phi) is 6.06. The fourth-order valence-corrected chi connectivity index (χ4v) is 1.77. The second kappa shape index (κ2) is 7.56. The number of carbonyl (C=O) groups is 1. The van der Waals surface area contributed by atoms with Crippen LogP contribution in [0.25, 0.3) is 0 Å². The molecule has 0 radical (unpaired) electrons. The zero-order chi connectivity index (χ0) is 14.3. The van der Waals surface area contributed by atoms with Crippen molar-refractivity contribution >= 4 is 11.6 Å². The predicted molar refractivity (Wildman–Crippen MR) is 77.6 cm³/mol. The van der Waals surface area contributed by atoms with Crippen LogP contribution in [0, 0.1) is 13.8 Å². The zero-order valence-electron chi connectivity index (χ0n) is 12.1. The Labute approximate surface area is 114 Å². The molecule has 19 heavy (non-hydrogen) atoms. The Morgan fingerprint density at radius 3 is 2.47 bits per heavy atom. The molecule has 0 aromatic heterocycles. The normalized spacial score (nSPS) is 11.3. The van der Waals surface area contributed by atoms with Gasteiger partial charge in [0.1, 0.15) is 5.75 Å². The second-order valence-corrected chi connectivity index (χ2v) is 4.74. The van der Waals surface area contributed by atoms with Crippen LogP contribution in [0.4, 0.5) is 0 Å². The first kappa shape index (κ1) is 15.2. The lowest BCUT2D eigenvalue weighted by atomic mass is 10.1. The van der Waals surface area contributed by atoms with Crippen molar-refractivity contribution in [3.63, 3.8) is 0 Å². The summed E-state index contributed by atoms with van der Waals surface area (Å²) in [6.45, 7) is 7.95. The van der Waals surface area contributed by atoms with Gasteiger partial charge in [0.15, 0.2) is 6.61 Å². The average Bonchev–Trinajstić information content (AvgIpc) is 2.33. The summed E-state index contributed by atoms with van der Waals surface area (Å²) in [5, 5.41) is 4.00. The number of amides is 1. The molecule has 4 nitrogen and oxygen atoms in total. The van der Waals surface area contributed by atoms with Gasteiger partial charge in [0.05, 0.1) is 0 Å². The van der Waals surface area contributed by atoms with Crippen LogP contribution in [-0.2, 0) is 4.79 Å². The van der Waals surface area contributed by atoms with Gasteiger partial charge in [-0.25, -0.2) is 5.43 Å². The molecule has 1 amide bonds. The lowest BCUT2D eigenvalue weighted by Gasteiger charge is -2.07. The minimum Gasteiger partial charge on any atom is -0.484 e. The molecule has 0 saturated heterocycles. The van der Waals surface area contributed by atoms with Gasteiger partial charge in [0.25, 0.3) is 5.91 Å². The number of ether oxygens (including phenoxy) is 1. The summed E-state index contributed by atoms with van der Waals surface area (Å²) in [7, 11) is 0. The summed E-state index contributed by atoms with van der Waals surface area (Å²) in [5.74, 6) is 0.469. The summed E-state index contributed by atoms with van der Waals surface area (Å²) in [5.41, 5.74) is 5.65. The minimum absolute atomic E-state index is 0.0220. The molecular weight excluding hydrogens is 240 g/mol. The Morgan fingerprint density at radius 2 is 1.89 bits per heavy atom. The van der Waals surface area contributed by atoms with Crippen molar-refractivity contribution in [1.29, 1.82) is 0 Å². The number of hydrogen-bond acceptors (Lipinski definition) is 3. The fraction of sp³-hybridized carbons (Fsp3) is 0.467. The minimum atomic E-state index is -0.241. The highest BCUT2D eigenvalue weighted by Gasteiger charge is 2.03. The van der Waals surface area contributed by atoms with Crippen LogP contribution in [0.5, 0.6) is 5.75 Å². The van der Waals surface area contributed by atoms with Crippen LogP contribution in [0.3, 0.4) is 0 Å². The van der Waals surface area contributed by atoms with Crippen LogP contribution in [-0.4, -0.2) is 18.2 Å². The van der Waals surface area contributed by atoms with Crippen LogP contribution >= 0.6 is 0 Å². The molecule has 1 aromatic rings. The number of nitrogens with zero attached hydrogens (tertiary/aromatic N) is 1. The number of aryl methyl sites for hydroxylation is 2. The van der Waals surface area contributed by atoms with Crippen LogP contribution < -0.4 is 10.2 Å². The zero-order valence-corrected chi connectivity index (χ0v) is 12.1. The summed E-state index contributed by atoms with van der Waals surface area (Å²) in [4.78, 5) is 11.6. The summed E-state index contributed by atoms with van der Waals surface area (Å²) in [6.07, 6.45) is 1.91. The SMILES string of the molecule is CCC/C(C)=N/NC(=O)COc1cc(C)cc(C)c1. The molecule has 0 spiro atoms. The number of nitrogens with one attached hydrogen (secondary N) is 1. The largest absolute Gasteiger partial charge is 0.484 e. The molecular formula is C15H22N2O2. The van der Waals surface area contributed by atoms with Gasteiger partial charge in [0.2, 0.25) is 0 Å². The van der Waals surface area contributed by atoms with E-state index < -0.39 is 0 Å². The third-order valence-electron chi connectivity index (χ3n) is 2.55. The van der Waals surface area contributed by atoms with Crippen molar-refractivity contribution in [2.24, 2.45) is 5.10 Å². The quantitative estimate of drug-likeness (QED) is 0.633. The molecule has 0 aliphatic carbocycles. The number of rotatable bonds is 6. The van der Waals surface area contributed by atoms with E-state index in [0.717, 1.165) is 29.7 Å². The molecule has 0 saturated carbocycles. The third kappa shape index (κ3) is 6.04. The highest BCUT2D eigenvalue weighted by molar-refractivity contribution is 5.84. The van der Waals surface area contributed by atoms with E-state index in [-0.39, 0.29) is 12.5 Å². The number of carbonyl (C=O) groups excluding carboxylic acids is 1. The van der Waals surface area contributed by atoms with E-state index in [9.17, 15) is 4.79 Å². The molecule has 104 valence electrons. The van der Waals surface area contributed by atoms with Crippen molar-refractivity contribution in [3.05, 3.63) is 29.3 Å². The summed E-state index contributed by atoms with van der Waals surface area (Å²) >= 11 is 0. The molecule has 1 aromatic carbocycles. The topological polar surface area (TPSA) is 50.7 Å². The first-order valence-electron chi connectivity index (χ1n) is 6.54. The molecule has 0 fully saturated rings. The van der Waals surface area contributed by atoms with E-state index in [1.807, 2.05) is 32.9 Å². The summed E-state index contributed by atoms with van der Waals surface area (Å²) < 4.78 is 5.44. The smallest absolute Gasteiger partial charge is 0.277 e. The third-order valence-corrected chi connectivity index (χ3v) is 2.55. The highest BCUT2D eigenvalue weighted by Crippen LogP contribution is 2.15. The fourth-order valence-electron chi connectivity index (χ4n) is 1.77. The van der Waals surface area contributed by atoms with E-state index in [2.05, 4.69) is 23.5 Å². The maximum absolute atomic E-state index is 11.6. The number of hydrazone groups is 1. The average molecular weight is 262 g/mol. The Bertz CT molecular complexity index is 447. The predicted octanol–water partition coefficient (Wildman–Crippen LogP) is 2.97. The van der Waals surface area contributed by atoms with E-state index in [4.69, 9.17) is 4.74 Å². The molecule has 1 rings (SSSR count). The van der Waals surface area contributed by atoms with E-state index in [0.29, 0.717) is 5.75 Å². The molecule has 0 bridgehead atoms. The van der Waals surface area contributed by atoms with E-state index >= 15 is 0 Å². The van der Waals surface area contributed by atoms with Crippen molar-refractivity contribution < 1.29 is 9.53 Å². The van der Waals surface area contributed by atoms with Crippen LogP contribution in [0.15, 0.2) is 23.3 Å². The summed E-state index contributed by atoms with van der Waals surface area (Å²) in [6, 6.07) is 5.88. The molecule has 0 unspecified atom stereocenters. The first-order valence-corrected chi connectivity index (χ1v) is 6.54. The van der Waals surface area contributed by atoms with Gasteiger partial charge in [-0.2, -0.15) is 5.10 Å². The number of benzene rings is 1.